The van der Waals surface area contributed by atoms with E-state index in [1.165, 1.54) is 11.1 Å². The maximum atomic E-state index is 5.45. The van der Waals surface area contributed by atoms with Crippen LogP contribution in [0.5, 0.6) is 5.75 Å². The Hall–Kier alpha value is -1.02. The average Bonchev–Trinajstić information content (AvgIpc) is 3.04. The summed E-state index contributed by atoms with van der Waals surface area (Å²) in [7, 11) is 5.64. The molecule has 0 aromatic heterocycles. The van der Waals surface area contributed by atoms with Gasteiger partial charge in [0.2, 0.25) is 0 Å². The number of halogens is 1. The molecule has 0 saturated carbocycles. The number of methoxy groups -OCH3 is 1. The van der Waals surface area contributed by atoms with Crippen LogP contribution < -0.4 is 10.1 Å². The standard InChI is InChI=1S/C18H29N3O2.HI/c1-14-5-6-17(22-4)16(11-14)7-9-20-18(19-2)21(3)12-15-8-10-23-13-15;/h5-6,11,15H,7-10,12-13H2,1-4H3,(H,19,20);1H. The number of nitrogens with zero attached hydrogens (tertiary/aromatic N) is 2. The van der Waals surface area contributed by atoms with E-state index in [-0.39, 0.29) is 24.0 Å². The van der Waals surface area contributed by atoms with Crippen molar-refractivity contribution in [1.29, 1.82) is 0 Å². The number of ether oxygens (including phenoxy) is 2. The zero-order valence-corrected chi connectivity index (χ0v) is 17.5. The van der Waals surface area contributed by atoms with Crippen molar-refractivity contribution in [1.82, 2.24) is 10.2 Å². The molecule has 1 aliphatic heterocycles. The lowest BCUT2D eigenvalue weighted by molar-refractivity contribution is 0.181. The fourth-order valence-electron chi connectivity index (χ4n) is 3.00. The summed E-state index contributed by atoms with van der Waals surface area (Å²) in [4.78, 5) is 6.57. The fourth-order valence-corrected chi connectivity index (χ4v) is 3.00. The van der Waals surface area contributed by atoms with Gasteiger partial charge in [0.15, 0.2) is 5.96 Å². The Morgan fingerprint density at radius 1 is 1.46 bits per heavy atom. The van der Waals surface area contributed by atoms with E-state index in [1.807, 2.05) is 13.1 Å². The highest BCUT2D eigenvalue weighted by Crippen LogP contribution is 2.19. The molecule has 1 atom stereocenters. The van der Waals surface area contributed by atoms with Crippen molar-refractivity contribution in [2.75, 3.05) is 47.5 Å². The minimum Gasteiger partial charge on any atom is -0.496 e. The van der Waals surface area contributed by atoms with Crippen molar-refractivity contribution in [3.05, 3.63) is 29.3 Å². The Balaban J connectivity index is 0.00000288. The van der Waals surface area contributed by atoms with Crippen molar-refractivity contribution in [3.63, 3.8) is 0 Å². The zero-order chi connectivity index (χ0) is 16.7. The summed E-state index contributed by atoms with van der Waals surface area (Å²) in [6, 6.07) is 6.29. The Labute approximate surface area is 162 Å². The van der Waals surface area contributed by atoms with Crippen molar-refractivity contribution in [3.8, 4) is 5.75 Å². The van der Waals surface area contributed by atoms with Crippen molar-refractivity contribution < 1.29 is 9.47 Å². The second-order valence-corrected chi connectivity index (χ2v) is 6.15. The van der Waals surface area contributed by atoms with Gasteiger partial charge in [-0.3, -0.25) is 4.99 Å². The van der Waals surface area contributed by atoms with Crippen molar-refractivity contribution in [2.45, 2.75) is 19.8 Å². The van der Waals surface area contributed by atoms with Crippen LogP contribution in [-0.4, -0.2) is 58.4 Å². The van der Waals surface area contributed by atoms with Crippen LogP contribution in [0.4, 0.5) is 0 Å². The summed E-state index contributed by atoms with van der Waals surface area (Å²) in [5.74, 6) is 2.49. The van der Waals surface area contributed by atoms with Gasteiger partial charge in [0.05, 0.1) is 13.7 Å². The number of aliphatic imine (C=N–C) groups is 1. The van der Waals surface area contributed by atoms with Gasteiger partial charge in [0.25, 0.3) is 0 Å². The molecule has 0 spiro atoms. The second kappa shape index (κ2) is 10.8. The van der Waals surface area contributed by atoms with Crippen LogP contribution in [0.2, 0.25) is 0 Å². The highest BCUT2D eigenvalue weighted by atomic mass is 127. The van der Waals surface area contributed by atoms with Crippen LogP contribution in [0.15, 0.2) is 23.2 Å². The van der Waals surface area contributed by atoms with Gasteiger partial charge in [-0.15, -0.1) is 24.0 Å². The zero-order valence-electron chi connectivity index (χ0n) is 15.2. The molecule has 1 fully saturated rings. The molecule has 1 aromatic rings. The molecule has 1 heterocycles. The number of aryl methyl sites for hydroxylation is 1. The molecule has 1 aromatic carbocycles. The van der Waals surface area contributed by atoms with Crippen molar-refractivity contribution >= 4 is 29.9 Å². The molecule has 0 bridgehead atoms. The first-order chi connectivity index (χ1) is 11.1. The predicted octanol–water partition coefficient (Wildman–Crippen LogP) is 2.71. The molecule has 0 radical (unpaired) electrons. The molecule has 1 unspecified atom stereocenters. The Bertz CT molecular complexity index is 531. The molecular formula is C18H30IN3O2. The summed E-state index contributed by atoms with van der Waals surface area (Å²) in [5.41, 5.74) is 2.48. The number of rotatable bonds is 6. The van der Waals surface area contributed by atoms with E-state index < -0.39 is 0 Å². The van der Waals surface area contributed by atoms with E-state index >= 15 is 0 Å². The van der Waals surface area contributed by atoms with Gasteiger partial charge in [-0.1, -0.05) is 17.7 Å². The quantitative estimate of drug-likeness (QED) is 0.414. The van der Waals surface area contributed by atoms with E-state index in [0.717, 1.165) is 50.9 Å². The first kappa shape index (κ1) is 21.0. The fraction of sp³-hybridized carbons (Fsp3) is 0.611. The topological polar surface area (TPSA) is 46.1 Å². The lowest BCUT2D eigenvalue weighted by Gasteiger charge is -2.24. The van der Waals surface area contributed by atoms with Gasteiger partial charge in [-0.25, -0.2) is 0 Å². The summed E-state index contributed by atoms with van der Waals surface area (Å²) >= 11 is 0. The highest BCUT2D eigenvalue weighted by molar-refractivity contribution is 14.0. The molecule has 1 aliphatic rings. The maximum absolute atomic E-state index is 5.45. The first-order valence-corrected chi connectivity index (χ1v) is 8.27. The second-order valence-electron chi connectivity index (χ2n) is 6.15. The molecule has 0 aliphatic carbocycles. The maximum Gasteiger partial charge on any atom is 0.193 e. The third-order valence-electron chi connectivity index (χ3n) is 4.24. The first-order valence-electron chi connectivity index (χ1n) is 8.27. The minimum atomic E-state index is 0. The normalized spacial score (nSPS) is 17.3. The summed E-state index contributed by atoms with van der Waals surface area (Å²) in [6.07, 6.45) is 2.05. The molecule has 1 saturated heterocycles. The van der Waals surface area contributed by atoms with Gasteiger partial charge in [0.1, 0.15) is 5.75 Å². The molecule has 6 heteroatoms. The Morgan fingerprint density at radius 2 is 2.25 bits per heavy atom. The highest BCUT2D eigenvalue weighted by Gasteiger charge is 2.19. The molecule has 1 N–H and O–H groups in total. The van der Waals surface area contributed by atoms with Gasteiger partial charge in [-0.05, 0) is 31.4 Å². The van der Waals surface area contributed by atoms with Crippen LogP contribution in [-0.2, 0) is 11.2 Å². The van der Waals surface area contributed by atoms with Crippen LogP contribution in [0.1, 0.15) is 17.5 Å². The smallest absolute Gasteiger partial charge is 0.193 e. The van der Waals surface area contributed by atoms with Crippen LogP contribution in [0.25, 0.3) is 0 Å². The van der Waals surface area contributed by atoms with Crippen LogP contribution in [0, 0.1) is 12.8 Å². The SMILES string of the molecule is CN=C(NCCc1cc(C)ccc1OC)N(C)CC1CCOC1.I. The van der Waals surface area contributed by atoms with Crippen LogP contribution >= 0.6 is 24.0 Å². The average molecular weight is 447 g/mol. The van der Waals surface area contributed by atoms with E-state index in [1.54, 1.807) is 7.11 Å². The van der Waals surface area contributed by atoms with Gasteiger partial charge < -0.3 is 19.7 Å². The number of benzene rings is 1. The van der Waals surface area contributed by atoms with Gasteiger partial charge in [-0.2, -0.15) is 0 Å². The lowest BCUT2D eigenvalue weighted by Crippen LogP contribution is -2.42. The molecule has 2 rings (SSSR count). The Kier molecular flexibility index (Phi) is 9.43. The number of hydrogen-bond acceptors (Lipinski definition) is 3. The van der Waals surface area contributed by atoms with Gasteiger partial charge in [0, 0.05) is 39.7 Å². The monoisotopic (exact) mass is 447 g/mol. The number of nitrogens with one attached hydrogen (secondary N) is 1. The largest absolute Gasteiger partial charge is 0.496 e. The molecule has 0 amide bonds. The lowest BCUT2D eigenvalue weighted by atomic mass is 10.1. The van der Waals surface area contributed by atoms with Crippen LogP contribution in [0.3, 0.4) is 0 Å². The summed E-state index contributed by atoms with van der Waals surface area (Å²) < 4.78 is 10.9. The molecule has 5 nitrogen and oxygen atoms in total. The third kappa shape index (κ3) is 6.12. The van der Waals surface area contributed by atoms with E-state index in [9.17, 15) is 0 Å². The predicted molar refractivity (Wildman–Crippen MR) is 110 cm³/mol. The van der Waals surface area contributed by atoms with Crippen molar-refractivity contribution in [2.24, 2.45) is 10.9 Å². The minimum absolute atomic E-state index is 0. The van der Waals surface area contributed by atoms with E-state index in [4.69, 9.17) is 9.47 Å². The number of hydrogen-bond donors (Lipinski definition) is 1. The molecular weight excluding hydrogens is 417 g/mol. The number of guanidine groups is 1. The summed E-state index contributed by atoms with van der Waals surface area (Å²) in [5, 5.41) is 3.44. The Morgan fingerprint density at radius 3 is 2.88 bits per heavy atom. The molecule has 136 valence electrons. The third-order valence-corrected chi connectivity index (χ3v) is 4.24. The van der Waals surface area contributed by atoms with E-state index in [0.29, 0.717) is 5.92 Å². The van der Waals surface area contributed by atoms with E-state index in [2.05, 4.69) is 41.3 Å². The molecule has 24 heavy (non-hydrogen) atoms. The van der Waals surface area contributed by atoms with Gasteiger partial charge >= 0.3 is 0 Å². The summed E-state index contributed by atoms with van der Waals surface area (Å²) in [6.45, 7) is 5.66.